The van der Waals surface area contributed by atoms with Gasteiger partial charge in [-0.15, -0.1) is 11.6 Å². The van der Waals surface area contributed by atoms with Crippen molar-refractivity contribution in [2.75, 3.05) is 5.88 Å². The number of aliphatic hydroxyl groups is 2. The van der Waals surface area contributed by atoms with E-state index in [9.17, 15) is 10.2 Å². The Balaban J connectivity index is 2.99. The van der Waals surface area contributed by atoms with E-state index < -0.39 is 12.2 Å². The van der Waals surface area contributed by atoms with Gasteiger partial charge in [0.15, 0.2) is 0 Å². The number of hydrogen-bond donors (Lipinski definition) is 2. The van der Waals surface area contributed by atoms with Gasteiger partial charge in [0.25, 0.3) is 0 Å². The SMILES string of the molecule is Cc1ccc(Cl)c(C(O)C(O)CCl)c1. The van der Waals surface area contributed by atoms with E-state index in [1.165, 1.54) is 0 Å². The van der Waals surface area contributed by atoms with Crippen LogP contribution in [-0.4, -0.2) is 22.2 Å². The van der Waals surface area contributed by atoms with Gasteiger partial charge in [0.05, 0.1) is 12.0 Å². The van der Waals surface area contributed by atoms with E-state index in [4.69, 9.17) is 23.2 Å². The van der Waals surface area contributed by atoms with Gasteiger partial charge < -0.3 is 10.2 Å². The van der Waals surface area contributed by atoms with Crippen LogP contribution in [-0.2, 0) is 0 Å². The summed E-state index contributed by atoms with van der Waals surface area (Å²) in [5.41, 5.74) is 1.49. The van der Waals surface area contributed by atoms with Crippen LogP contribution in [0.25, 0.3) is 0 Å². The van der Waals surface area contributed by atoms with Crippen molar-refractivity contribution in [2.24, 2.45) is 0 Å². The standard InChI is InChI=1S/C10H12Cl2O2/c1-6-2-3-8(12)7(4-6)10(14)9(13)5-11/h2-4,9-10,13-14H,5H2,1H3. The van der Waals surface area contributed by atoms with Crippen LogP contribution in [0.3, 0.4) is 0 Å². The first kappa shape index (κ1) is 11.8. The molecule has 0 bridgehead atoms. The van der Waals surface area contributed by atoms with Crippen molar-refractivity contribution in [3.05, 3.63) is 34.3 Å². The molecule has 0 aliphatic carbocycles. The largest absolute Gasteiger partial charge is 0.389 e. The molecule has 0 saturated carbocycles. The minimum absolute atomic E-state index is 0.0224. The molecule has 0 aliphatic rings. The molecule has 1 rings (SSSR count). The summed E-state index contributed by atoms with van der Waals surface area (Å²) in [5.74, 6) is -0.0224. The molecule has 2 atom stereocenters. The summed E-state index contributed by atoms with van der Waals surface area (Å²) >= 11 is 11.3. The lowest BCUT2D eigenvalue weighted by Gasteiger charge is -2.17. The first-order valence-electron chi connectivity index (χ1n) is 4.24. The van der Waals surface area contributed by atoms with Crippen LogP contribution in [0.2, 0.25) is 5.02 Å². The van der Waals surface area contributed by atoms with Crippen molar-refractivity contribution in [2.45, 2.75) is 19.1 Å². The van der Waals surface area contributed by atoms with Crippen LogP contribution in [0.15, 0.2) is 18.2 Å². The summed E-state index contributed by atoms with van der Waals surface area (Å²) in [5, 5.41) is 19.5. The number of benzene rings is 1. The Morgan fingerprint density at radius 3 is 2.57 bits per heavy atom. The van der Waals surface area contributed by atoms with E-state index >= 15 is 0 Å². The van der Waals surface area contributed by atoms with Crippen molar-refractivity contribution in [1.82, 2.24) is 0 Å². The fraction of sp³-hybridized carbons (Fsp3) is 0.400. The van der Waals surface area contributed by atoms with Crippen LogP contribution in [0, 0.1) is 6.92 Å². The maximum absolute atomic E-state index is 9.68. The molecule has 0 amide bonds. The average Bonchev–Trinajstić information content (AvgIpc) is 2.19. The highest BCUT2D eigenvalue weighted by atomic mass is 35.5. The van der Waals surface area contributed by atoms with Crippen LogP contribution in [0.4, 0.5) is 0 Å². The zero-order valence-electron chi connectivity index (χ0n) is 7.74. The fourth-order valence-electron chi connectivity index (χ4n) is 1.18. The monoisotopic (exact) mass is 234 g/mol. The minimum atomic E-state index is -1.03. The molecule has 2 unspecified atom stereocenters. The smallest absolute Gasteiger partial charge is 0.107 e. The molecule has 0 aliphatic heterocycles. The molecule has 0 fully saturated rings. The third-order valence-corrected chi connectivity index (χ3v) is 2.65. The summed E-state index contributed by atoms with van der Waals surface area (Å²) in [4.78, 5) is 0. The second-order valence-electron chi connectivity index (χ2n) is 3.19. The summed E-state index contributed by atoms with van der Waals surface area (Å²) in [6, 6.07) is 5.27. The van der Waals surface area contributed by atoms with Crippen molar-refractivity contribution in [3.8, 4) is 0 Å². The molecule has 0 heterocycles. The van der Waals surface area contributed by atoms with Gasteiger partial charge in [0, 0.05) is 10.6 Å². The molecule has 2 N–H and O–H groups in total. The minimum Gasteiger partial charge on any atom is -0.389 e. The van der Waals surface area contributed by atoms with Gasteiger partial charge in [0.2, 0.25) is 0 Å². The van der Waals surface area contributed by atoms with E-state index in [2.05, 4.69) is 0 Å². The topological polar surface area (TPSA) is 40.5 Å². The van der Waals surface area contributed by atoms with Crippen LogP contribution < -0.4 is 0 Å². The molecule has 0 saturated heterocycles. The number of halogens is 2. The summed E-state index contributed by atoms with van der Waals surface area (Å²) in [7, 11) is 0. The molecular formula is C10H12Cl2O2. The van der Waals surface area contributed by atoms with Crippen molar-refractivity contribution >= 4 is 23.2 Å². The second kappa shape index (κ2) is 4.99. The molecular weight excluding hydrogens is 223 g/mol. The third kappa shape index (κ3) is 2.61. The highest BCUT2D eigenvalue weighted by molar-refractivity contribution is 6.31. The Morgan fingerprint density at radius 2 is 2.00 bits per heavy atom. The highest BCUT2D eigenvalue weighted by Gasteiger charge is 2.19. The molecule has 1 aromatic rings. The molecule has 0 aromatic heterocycles. The van der Waals surface area contributed by atoms with Gasteiger partial charge in [0.1, 0.15) is 6.10 Å². The molecule has 2 nitrogen and oxygen atoms in total. The lowest BCUT2D eigenvalue weighted by atomic mass is 10.0. The van der Waals surface area contributed by atoms with Gasteiger partial charge in [-0.3, -0.25) is 0 Å². The zero-order valence-corrected chi connectivity index (χ0v) is 9.26. The first-order valence-corrected chi connectivity index (χ1v) is 5.15. The van der Waals surface area contributed by atoms with Crippen molar-refractivity contribution in [3.63, 3.8) is 0 Å². The fourth-order valence-corrected chi connectivity index (χ4v) is 1.58. The quantitative estimate of drug-likeness (QED) is 0.789. The number of aryl methyl sites for hydroxylation is 1. The Hall–Kier alpha value is -0.280. The number of aliphatic hydroxyl groups excluding tert-OH is 2. The van der Waals surface area contributed by atoms with Crippen LogP contribution in [0.5, 0.6) is 0 Å². The Kier molecular flexibility index (Phi) is 4.20. The summed E-state index contributed by atoms with van der Waals surface area (Å²) < 4.78 is 0. The molecule has 0 spiro atoms. The Morgan fingerprint density at radius 1 is 1.36 bits per heavy atom. The maximum Gasteiger partial charge on any atom is 0.107 e. The van der Waals surface area contributed by atoms with Gasteiger partial charge in [-0.2, -0.15) is 0 Å². The van der Waals surface area contributed by atoms with E-state index in [1.807, 2.05) is 13.0 Å². The highest BCUT2D eigenvalue weighted by Crippen LogP contribution is 2.26. The normalized spacial score (nSPS) is 15.2. The van der Waals surface area contributed by atoms with E-state index in [-0.39, 0.29) is 5.88 Å². The number of rotatable bonds is 3. The maximum atomic E-state index is 9.68. The summed E-state index contributed by atoms with van der Waals surface area (Å²) in [6.07, 6.45) is -2.02. The van der Waals surface area contributed by atoms with Gasteiger partial charge in [-0.1, -0.05) is 29.3 Å². The second-order valence-corrected chi connectivity index (χ2v) is 3.91. The van der Waals surface area contributed by atoms with E-state index in [0.29, 0.717) is 10.6 Å². The number of alkyl halides is 1. The lowest BCUT2D eigenvalue weighted by molar-refractivity contribution is 0.0327. The van der Waals surface area contributed by atoms with Gasteiger partial charge in [-0.25, -0.2) is 0 Å². The molecule has 78 valence electrons. The van der Waals surface area contributed by atoms with Crippen molar-refractivity contribution < 1.29 is 10.2 Å². The third-order valence-electron chi connectivity index (χ3n) is 1.99. The predicted molar refractivity (Wildman–Crippen MR) is 57.9 cm³/mol. The lowest BCUT2D eigenvalue weighted by Crippen LogP contribution is -2.20. The first-order chi connectivity index (χ1) is 6.56. The molecule has 1 aromatic carbocycles. The van der Waals surface area contributed by atoms with Crippen LogP contribution in [0.1, 0.15) is 17.2 Å². The Labute approximate surface area is 93.1 Å². The Bertz CT molecular complexity index is 315. The molecule has 0 radical (unpaired) electrons. The zero-order chi connectivity index (χ0) is 10.7. The predicted octanol–water partition coefficient (Wildman–Crippen LogP) is 2.28. The van der Waals surface area contributed by atoms with Crippen molar-refractivity contribution in [1.29, 1.82) is 0 Å². The van der Waals surface area contributed by atoms with E-state index in [1.54, 1.807) is 12.1 Å². The van der Waals surface area contributed by atoms with Crippen LogP contribution >= 0.6 is 23.2 Å². The summed E-state index contributed by atoms with van der Waals surface area (Å²) in [6.45, 7) is 1.89. The average molecular weight is 235 g/mol. The van der Waals surface area contributed by atoms with Gasteiger partial charge >= 0.3 is 0 Å². The van der Waals surface area contributed by atoms with Gasteiger partial charge in [-0.05, 0) is 13.0 Å². The number of hydrogen-bond acceptors (Lipinski definition) is 2. The molecule has 14 heavy (non-hydrogen) atoms. The molecule has 4 heteroatoms. The van der Waals surface area contributed by atoms with E-state index in [0.717, 1.165) is 5.56 Å².